The Morgan fingerprint density at radius 3 is 2.58 bits per heavy atom. The van der Waals surface area contributed by atoms with Gasteiger partial charge >= 0.3 is 5.97 Å². The molecule has 0 fully saturated rings. The minimum absolute atomic E-state index is 0.241. The molecule has 0 aliphatic carbocycles. The summed E-state index contributed by atoms with van der Waals surface area (Å²) in [5.41, 5.74) is 2.17. The van der Waals surface area contributed by atoms with E-state index in [0.29, 0.717) is 12.1 Å². The van der Waals surface area contributed by atoms with Crippen LogP contribution in [0.15, 0.2) is 36.5 Å². The van der Waals surface area contributed by atoms with Gasteiger partial charge in [-0.15, -0.1) is 0 Å². The van der Waals surface area contributed by atoms with Crippen molar-refractivity contribution in [2.75, 3.05) is 20.2 Å². The standard InChI is InChI=1S/C17H18N4O3/c1-13-8-10-19-21(13)15-6-4-14(5-7-15)17(23)24-12-16(22)20(2)11-3-9-18/h4-8,10H,3,11-12H2,1-2H3. The van der Waals surface area contributed by atoms with Crippen molar-refractivity contribution in [1.82, 2.24) is 14.7 Å². The zero-order valence-corrected chi connectivity index (χ0v) is 13.6. The summed E-state index contributed by atoms with van der Waals surface area (Å²) >= 11 is 0. The third-order valence-electron chi connectivity index (χ3n) is 3.49. The molecule has 7 nitrogen and oxygen atoms in total. The smallest absolute Gasteiger partial charge is 0.338 e. The van der Waals surface area contributed by atoms with Gasteiger partial charge in [-0.1, -0.05) is 0 Å². The first-order chi connectivity index (χ1) is 11.5. The van der Waals surface area contributed by atoms with Crippen LogP contribution in [-0.2, 0) is 9.53 Å². The van der Waals surface area contributed by atoms with E-state index in [0.717, 1.165) is 11.4 Å². The number of amides is 1. The molecule has 1 aromatic heterocycles. The molecule has 0 N–H and O–H groups in total. The number of benzene rings is 1. The third-order valence-corrected chi connectivity index (χ3v) is 3.49. The van der Waals surface area contributed by atoms with Gasteiger partial charge in [0.15, 0.2) is 6.61 Å². The largest absolute Gasteiger partial charge is 0.452 e. The normalized spacial score (nSPS) is 10.0. The van der Waals surface area contributed by atoms with E-state index >= 15 is 0 Å². The molecule has 1 amide bonds. The molecular weight excluding hydrogens is 308 g/mol. The van der Waals surface area contributed by atoms with Crippen molar-refractivity contribution < 1.29 is 14.3 Å². The van der Waals surface area contributed by atoms with E-state index in [9.17, 15) is 9.59 Å². The number of likely N-dealkylation sites (N-methyl/N-ethyl adjacent to an activating group) is 1. The third kappa shape index (κ3) is 4.20. The van der Waals surface area contributed by atoms with Gasteiger partial charge in [0.1, 0.15) is 0 Å². The van der Waals surface area contributed by atoms with Crippen molar-refractivity contribution >= 4 is 11.9 Å². The van der Waals surface area contributed by atoms with Gasteiger partial charge in [-0.3, -0.25) is 4.79 Å². The summed E-state index contributed by atoms with van der Waals surface area (Å²) in [5, 5.41) is 12.7. The molecule has 2 aromatic rings. The van der Waals surface area contributed by atoms with Gasteiger partial charge in [0.05, 0.1) is 23.7 Å². The van der Waals surface area contributed by atoms with Gasteiger partial charge < -0.3 is 9.64 Å². The minimum atomic E-state index is -0.569. The van der Waals surface area contributed by atoms with Gasteiger partial charge in [-0.05, 0) is 37.3 Å². The number of hydrogen-bond acceptors (Lipinski definition) is 5. The highest BCUT2D eigenvalue weighted by molar-refractivity contribution is 5.91. The van der Waals surface area contributed by atoms with Crippen LogP contribution < -0.4 is 0 Å². The maximum atomic E-state index is 12.0. The Morgan fingerprint density at radius 2 is 2.00 bits per heavy atom. The van der Waals surface area contributed by atoms with E-state index < -0.39 is 5.97 Å². The second-order valence-corrected chi connectivity index (χ2v) is 5.23. The van der Waals surface area contributed by atoms with Crippen LogP contribution in [0.1, 0.15) is 22.5 Å². The number of hydrogen-bond donors (Lipinski definition) is 0. The Hall–Kier alpha value is -3.14. The van der Waals surface area contributed by atoms with Crippen LogP contribution in [0.4, 0.5) is 0 Å². The lowest BCUT2D eigenvalue weighted by Gasteiger charge is -2.15. The second-order valence-electron chi connectivity index (χ2n) is 5.23. The van der Waals surface area contributed by atoms with Crippen molar-refractivity contribution in [3.8, 4) is 11.8 Å². The molecule has 2 rings (SSSR count). The lowest BCUT2D eigenvalue weighted by atomic mass is 10.2. The predicted molar refractivity (Wildman–Crippen MR) is 86.5 cm³/mol. The molecule has 0 bridgehead atoms. The van der Waals surface area contributed by atoms with Crippen LogP contribution in [0.3, 0.4) is 0 Å². The molecule has 24 heavy (non-hydrogen) atoms. The van der Waals surface area contributed by atoms with Crippen molar-refractivity contribution in [3.63, 3.8) is 0 Å². The molecule has 0 radical (unpaired) electrons. The van der Waals surface area contributed by atoms with Gasteiger partial charge in [0.2, 0.25) is 0 Å². The molecule has 1 aromatic carbocycles. The number of carbonyl (C=O) groups is 2. The van der Waals surface area contributed by atoms with Crippen LogP contribution in [0.5, 0.6) is 0 Å². The molecular formula is C17H18N4O3. The molecule has 0 aliphatic rings. The highest BCUT2D eigenvalue weighted by Crippen LogP contribution is 2.12. The van der Waals surface area contributed by atoms with Crippen molar-refractivity contribution in [2.24, 2.45) is 0 Å². The molecule has 124 valence electrons. The Balaban J connectivity index is 1.92. The summed E-state index contributed by atoms with van der Waals surface area (Å²) in [6.45, 7) is 1.90. The number of ether oxygens (including phenoxy) is 1. The van der Waals surface area contributed by atoms with Crippen molar-refractivity contribution in [1.29, 1.82) is 5.26 Å². The van der Waals surface area contributed by atoms with E-state index in [4.69, 9.17) is 10.00 Å². The Morgan fingerprint density at radius 1 is 1.29 bits per heavy atom. The average Bonchev–Trinajstić information content (AvgIpc) is 3.03. The molecule has 0 unspecified atom stereocenters. The second kappa shape index (κ2) is 7.92. The number of nitriles is 1. The molecule has 0 saturated carbocycles. The summed E-state index contributed by atoms with van der Waals surface area (Å²) in [6.07, 6.45) is 1.94. The molecule has 0 saturated heterocycles. The number of nitrogens with zero attached hydrogens (tertiary/aromatic N) is 4. The maximum Gasteiger partial charge on any atom is 0.338 e. The van der Waals surface area contributed by atoms with Crippen molar-refractivity contribution in [3.05, 3.63) is 47.8 Å². The lowest BCUT2D eigenvalue weighted by molar-refractivity contribution is -0.133. The zero-order valence-electron chi connectivity index (χ0n) is 13.6. The summed E-state index contributed by atoms with van der Waals surface area (Å²) in [5.74, 6) is -0.914. The van der Waals surface area contributed by atoms with Gasteiger partial charge in [0.25, 0.3) is 5.91 Å². The highest BCUT2D eigenvalue weighted by Gasteiger charge is 2.13. The van der Waals surface area contributed by atoms with E-state index in [2.05, 4.69) is 5.10 Å². The molecule has 0 aliphatic heterocycles. The fourth-order valence-corrected chi connectivity index (χ4v) is 2.04. The van der Waals surface area contributed by atoms with E-state index in [1.165, 1.54) is 4.90 Å². The summed E-state index contributed by atoms with van der Waals surface area (Å²) < 4.78 is 6.76. The van der Waals surface area contributed by atoms with Gasteiger partial charge in [-0.25, -0.2) is 9.48 Å². The van der Waals surface area contributed by atoms with Crippen LogP contribution in [-0.4, -0.2) is 46.8 Å². The summed E-state index contributed by atoms with van der Waals surface area (Å²) in [7, 11) is 1.56. The van der Waals surface area contributed by atoms with Crippen LogP contribution in [0.25, 0.3) is 5.69 Å². The predicted octanol–water partition coefficient (Wildman–Crippen LogP) is 1.71. The Bertz CT molecular complexity index is 759. The van der Waals surface area contributed by atoms with E-state index in [1.54, 1.807) is 42.2 Å². The molecule has 7 heteroatoms. The highest BCUT2D eigenvalue weighted by atomic mass is 16.5. The quantitative estimate of drug-likeness (QED) is 0.754. The monoisotopic (exact) mass is 326 g/mol. The first-order valence-corrected chi connectivity index (χ1v) is 7.42. The average molecular weight is 326 g/mol. The topological polar surface area (TPSA) is 88.2 Å². The van der Waals surface area contributed by atoms with E-state index in [-0.39, 0.29) is 18.9 Å². The Kier molecular flexibility index (Phi) is 5.68. The summed E-state index contributed by atoms with van der Waals surface area (Å²) in [4.78, 5) is 25.1. The fraction of sp³-hybridized carbons (Fsp3) is 0.294. The number of aryl methyl sites for hydroxylation is 1. The minimum Gasteiger partial charge on any atom is -0.452 e. The van der Waals surface area contributed by atoms with Crippen molar-refractivity contribution in [2.45, 2.75) is 13.3 Å². The van der Waals surface area contributed by atoms with Crippen LogP contribution >= 0.6 is 0 Å². The Labute approximate surface area is 140 Å². The first-order valence-electron chi connectivity index (χ1n) is 7.42. The van der Waals surface area contributed by atoms with Gasteiger partial charge in [0, 0.05) is 25.5 Å². The van der Waals surface area contributed by atoms with Crippen LogP contribution in [0, 0.1) is 18.3 Å². The van der Waals surface area contributed by atoms with Crippen LogP contribution in [0.2, 0.25) is 0 Å². The number of aromatic nitrogens is 2. The lowest BCUT2D eigenvalue weighted by Crippen LogP contribution is -2.31. The maximum absolute atomic E-state index is 12.0. The number of esters is 1. The number of carbonyl (C=O) groups excluding carboxylic acids is 2. The fourth-order valence-electron chi connectivity index (χ4n) is 2.04. The SMILES string of the molecule is Cc1ccnn1-c1ccc(C(=O)OCC(=O)N(C)CCC#N)cc1. The zero-order chi connectivity index (χ0) is 17.5. The first kappa shape index (κ1) is 17.2. The molecule has 0 atom stereocenters. The molecule has 1 heterocycles. The van der Waals surface area contributed by atoms with E-state index in [1.807, 2.05) is 19.1 Å². The van der Waals surface area contributed by atoms with Gasteiger partial charge in [-0.2, -0.15) is 10.4 Å². The number of rotatable bonds is 6. The summed E-state index contributed by atoms with van der Waals surface area (Å²) in [6, 6.07) is 10.6. The molecule has 0 spiro atoms.